The van der Waals surface area contributed by atoms with Gasteiger partial charge in [0.25, 0.3) is 5.91 Å². The van der Waals surface area contributed by atoms with Crippen LogP contribution in [-0.4, -0.2) is 49.3 Å². The first-order valence-corrected chi connectivity index (χ1v) is 11.0. The number of para-hydroxylation sites is 1. The molecule has 0 saturated carbocycles. The lowest BCUT2D eigenvalue weighted by atomic mass is 10.1. The van der Waals surface area contributed by atoms with Gasteiger partial charge in [0.1, 0.15) is 5.75 Å². The molecule has 0 bridgehead atoms. The first-order valence-electron chi connectivity index (χ1n) is 9.22. The number of methoxy groups -OCH3 is 1. The molecule has 3 rings (SSSR count). The molecule has 1 aromatic heterocycles. The van der Waals surface area contributed by atoms with Crippen LogP contribution < -0.4 is 10.1 Å². The molecule has 1 amide bonds. The van der Waals surface area contributed by atoms with E-state index >= 15 is 0 Å². The highest BCUT2D eigenvalue weighted by Crippen LogP contribution is 2.26. The van der Waals surface area contributed by atoms with Crippen molar-refractivity contribution >= 4 is 15.7 Å². The minimum Gasteiger partial charge on any atom is -0.497 e. The molecule has 0 aliphatic heterocycles. The van der Waals surface area contributed by atoms with Crippen molar-refractivity contribution in [3.63, 3.8) is 0 Å². The quantitative estimate of drug-likeness (QED) is 0.613. The Morgan fingerprint density at radius 1 is 1.10 bits per heavy atom. The molecule has 0 aliphatic rings. The van der Waals surface area contributed by atoms with Crippen LogP contribution in [0.1, 0.15) is 17.4 Å². The lowest BCUT2D eigenvalue weighted by Gasteiger charge is -2.08. The molecule has 1 heterocycles. The van der Waals surface area contributed by atoms with E-state index in [9.17, 15) is 13.2 Å². The highest BCUT2D eigenvalue weighted by atomic mass is 32.2. The van der Waals surface area contributed by atoms with Crippen molar-refractivity contribution in [1.82, 2.24) is 15.1 Å². The highest BCUT2D eigenvalue weighted by Gasteiger charge is 2.17. The fourth-order valence-corrected chi connectivity index (χ4v) is 3.48. The van der Waals surface area contributed by atoms with Crippen LogP contribution in [-0.2, 0) is 9.84 Å². The molecule has 0 unspecified atom stereocenters. The predicted molar refractivity (Wildman–Crippen MR) is 112 cm³/mol. The van der Waals surface area contributed by atoms with Gasteiger partial charge in [-0.1, -0.05) is 25.1 Å². The van der Waals surface area contributed by atoms with Crippen LogP contribution in [0.2, 0.25) is 0 Å². The zero-order chi connectivity index (χ0) is 20.9. The van der Waals surface area contributed by atoms with Gasteiger partial charge >= 0.3 is 0 Å². The molecule has 1 N–H and O–H groups in total. The molecule has 3 aromatic rings. The van der Waals surface area contributed by atoms with E-state index in [4.69, 9.17) is 4.74 Å². The van der Waals surface area contributed by atoms with E-state index in [0.717, 1.165) is 22.7 Å². The van der Waals surface area contributed by atoms with Crippen LogP contribution in [0.15, 0.2) is 60.7 Å². The lowest BCUT2D eigenvalue weighted by Crippen LogP contribution is -2.30. The summed E-state index contributed by atoms with van der Waals surface area (Å²) in [6.45, 7) is 1.63. The number of hydrogen-bond acceptors (Lipinski definition) is 5. The third-order valence-electron chi connectivity index (χ3n) is 4.47. The van der Waals surface area contributed by atoms with Crippen molar-refractivity contribution in [1.29, 1.82) is 0 Å². The first kappa shape index (κ1) is 20.6. The molecule has 0 fully saturated rings. The predicted octanol–water partition coefficient (Wildman–Crippen LogP) is 2.71. The number of rotatable bonds is 8. The van der Waals surface area contributed by atoms with Gasteiger partial charge in [0.2, 0.25) is 0 Å². The molecular formula is C21H23N3O4S. The molecule has 0 spiro atoms. The average molecular weight is 413 g/mol. The molecule has 0 saturated heterocycles. The van der Waals surface area contributed by atoms with Gasteiger partial charge in [-0.15, -0.1) is 0 Å². The van der Waals surface area contributed by atoms with E-state index in [1.54, 1.807) is 24.8 Å². The fraction of sp³-hybridized carbons (Fsp3) is 0.238. The average Bonchev–Trinajstić information content (AvgIpc) is 3.20. The van der Waals surface area contributed by atoms with Crippen LogP contribution in [0.25, 0.3) is 16.9 Å². The van der Waals surface area contributed by atoms with Crippen molar-refractivity contribution in [3.8, 4) is 22.7 Å². The minimum absolute atomic E-state index is 0.0467. The van der Waals surface area contributed by atoms with Gasteiger partial charge in [0.15, 0.2) is 15.5 Å². The van der Waals surface area contributed by atoms with Crippen LogP contribution in [0.4, 0.5) is 0 Å². The van der Waals surface area contributed by atoms with E-state index in [2.05, 4.69) is 10.4 Å². The second-order valence-corrected chi connectivity index (χ2v) is 8.86. The van der Waals surface area contributed by atoms with Gasteiger partial charge in [0, 0.05) is 17.9 Å². The molecular weight excluding hydrogens is 390 g/mol. The third kappa shape index (κ3) is 5.03. The number of hydrogen-bond donors (Lipinski definition) is 1. The van der Waals surface area contributed by atoms with E-state index < -0.39 is 15.7 Å². The Bertz CT molecular complexity index is 1070. The van der Waals surface area contributed by atoms with Crippen LogP contribution in [0.5, 0.6) is 5.75 Å². The smallest absolute Gasteiger partial charge is 0.271 e. The zero-order valence-corrected chi connectivity index (χ0v) is 17.1. The maximum atomic E-state index is 12.5. The number of sulfone groups is 1. The molecule has 152 valence electrons. The van der Waals surface area contributed by atoms with Crippen molar-refractivity contribution in [2.45, 2.75) is 6.92 Å². The second kappa shape index (κ2) is 8.91. The van der Waals surface area contributed by atoms with Crippen LogP contribution in [0.3, 0.4) is 0 Å². The van der Waals surface area contributed by atoms with Crippen molar-refractivity contribution in [3.05, 3.63) is 66.4 Å². The summed E-state index contributed by atoms with van der Waals surface area (Å²) in [7, 11) is -1.54. The number of nitrogens with zero attached hydrogens (tertiary/aromatic N) is 2. The first-order chi connectivity index (χ1) is 13.9. The minimum atomic E-state index is -3.15. The largest absolute Gasteiger partial charge is 0.497 e. The number of nitrogens with one attached hydrogen (secondary N) is 1. The maximum Gasteiger partial charge on any atom is 0.271 e. The number of carbonyl (C=O) groups is 1. The summed E-state index contributed by atoms with van der Waals surface area (Å²) in [4.78, 5) is 12.5. The van der Waals surface area contributed by atoms with Gasteiger partial charge < -0.3 is 10.1 Å². The van der Waals surface area contributed by atoms with Gasteiger partial charge in [-0.25, -0.2) is 13.1 Å². The van der Waals surface area contributed by atoms with E-state index in [1.807, 2.05) is 54.6 Å². The Labute approximate surface area is 170 Å². The molecule has 0 radical (unpaired) electrons. The monoisotopic (exact) mass is 413 g/mol. The molecule has 0 aliphatic carbocycles. The highest BCUT2D eigenvalue weighted by molar-refractivity contribution is 7.91. The van der Waals surface area contributed by atoms with Gasteiger partial charge in [-0.3, -0.25) is 4.79 Å². The van der Waals surface area contributed by atoms with Crippen molar-refractivity contribution < 1.29 is 17.9 Å². The van der Waals surface area contributed by atoms with Gasteiger partial charge in [-0.05, 0) is 42.5 Å². The summed E-state index contributed by atoms with van der Waals surface area (Å²) in [5.74, 6) is 0.267. The van der Waals surface area contributed by atoms with Gasteiger partial charge in [-0.2, -0.15) is 5.10 Å². The molecule has 29 heavy (non-hydrogen) atoms. The fourth-order valence-electron chi connectivity index (χ4n) is 2.78. The van der Waals surface area contributed by atoms with E-state index in [0.29, 0.717) is 0 Å². The zero-order valence-electron chi connectivity index (χ0n) is 16.3. The molecule has 0 atom stereocenters. The normalized spacial score (nSPS) is 11.2. The van der Waals surface area contributed by atoms with Crippen molar-refractivity contribution in [2.24, 2.45) is 0 Å². The summed E-state index contributed by atoms with van der Waals surface area (Å²) >= 11 is 0. The summed E-state index contributed by atoms with van der Waals surface area (Å²) in [6.07, 6.45) is 0. The third-order valence-corrected chi connectivity index (χ3v) is 6.17. The number of ether oxygens (including phenoxy) is 1. The molecule has 2 aromatic carbocycles. The Balaban J connectivity index is 1.91. The Morgan fingerprint density at radius 3 is 2.41 bits per heavy atom. The summed E-state index contributed by atoms with van der Waals surface area (Å²) in [6, 6.07) is 18.6. The lowest BCUT2D eigenvalue weighted by molar-refractivity contribution is 0.0950. The SMILES string of the molecule is CCS(=O)(=O)CCNC(=O)c1cc(-c2ccc(OC)cc2)n(-c2ccccc2)n1. The van der Waals surface area contributed by atoms with Crippen molar-refractivity contribution in [2.75, 3.05) is 25.2 Å². The Morgan fingerprint density at radius 2 is 1.79 bits per heavy atom. The van der Waals surface area contributed by atoms with E-state index in [1.165, 1.54) is 0 Å². The maximum absolute atomic E-state index is 12.5. The standard InChI is InChI=1S/C21H23N3O4S/c1-3-29(26,27)14-13-22-21(25)19-15-20(16-9-11-18(28-2)12-10-16)24(23-19)17-7-5-4-6-8-17/h4-12,15H,3,13-14H2,1-2H3,(H,22,25). The molecule has 7 nitrogen and oxygen atoms in total. The number of amides is 1. The summed E-state index contributed by atoms with van der Waals surface area (Å²) in [5, 5.41) is 7.10. The molecule has 8 heteroatoms. The Kier molecular flexibility index (Phi) is 6.33. The van der Waals surface area contributed by atoms with Crippen LogP contribution in [0, 0.1) is 0 Å². The van der Waals surface area contributed by atoms with Crippen LogP contribution >= 0.6 is 0 Å². The van der Waals surface area contributed by atoms with Gasteiger partial charge in [0.05, 0.1) is 24.2 Å². The number of benzene rings is 2. The topological polar surface area (TPSA) is 90.3 Å². The Hall–Kier alpha value is -3.13. The summed E-state index contributed by atoms with van der Waals surface area (Å²) < 4.78 is 30.1. The summed E-state index contributed by atoms with van der Waals surface area (Å²) in [5.41, 5.74) is 2.64. The van der Waals surface area contributed by atoms with E-state index in [-0.39, 0.29) is 23.7 Å². The number of carbonyl (C=O) groups excluding carboxylic acids is 1. The second-order valence-electron chi connectivity index (χ2n) is 6.38. The number of aromatic nitrogens is 2.